The summed E-state index contributed by atoms with van der Waals surface area (Å²) >= 11 is 7.93. The number of hydrogen-bond donors (Lipinski definition) is 1. The van der Waals surface area contributed by atoms with Gasteiger partial charge in [0.05, 0.1) is 28.4 Å². The van der Waals surface area contributed by atoms with E-state index in [0.717, 1.165) is 9.86 Å². The van der Waals surface area contributed by atoms with Gasteiger partial charge in [-0.3, -0.25) is 0 Å². The number of nitrogens with zero attached hydrogens (tertiary/aromatic N) is 2. The maximum absolute atomic E-state index is 12.5. The van der Waals surface area contributed by atoms with Crippen molar-refractivity contribution in [3.8, 4) is 28.8 Å². The van der Waals surface area contributed by atoms with E-state index in [0.29, 0.717) is 37.5 Å². The maximum Gasteiger partial charge on any atom is 0.345 e. The summed E-state index contributed by atoms with van der Waals surface area (Å²) < 4.78 is 11.9. The van der Waals surface area contributed by atoms with Gasteiger partial charge in [0.15, 0.2) is 11.5 Å². The molecule has 2 aromatic carbocycles. The molecule has 31 heavy (non-hydrogen) atoms. The number of ether oxygens (including phenoxy) is 1. The lowest BCUT2D eigenvalue weighted by Gasteiger charge is -2.06. The minimum Gasteiger partial charge on any atom is -0.503 e. The van der Waals surface area contributed by atoms with Crippen molar-refractivity contribution < 1.29 is 14.3 Å². The first-order chi connectivity index (χ1) is 14.9. The second-order valence-corrected chi connectivity index (χ2v) is 9.02. The van der Waals surface area contributed by atoms with Crippen molar-refractivity contribution in [3.05, 3.63) is 71.7 Å². The molecule has 0 saturated heterocycles. The molecule has 0 aliphatic heterocycles. The number of nitriles is 1. The molecule has 0 fully saturated rings. The molecule has 0 aliphatic carbocycles. The molecule has 4 aromatic rings. The van der Waals surface area contributed by atoms with Crippen LogP contribution in [0, 0.1) is 11.3 Å². The van der Waals surface area contributed by atoms with Gasteiger partial charge in [-0.25, -0.2) is 9.78 Å². The molecule has 0 atom stereocenters. The highest BCUT2D eigenvalue weighted by Gasteiger charge is 2.15. The summed E-state index contributed by atoms with van der Waals surface area (Å²) in [6.45, 7) is 0. The van der Waals surface area contributed by atoms with Crippen molar-refractivity contribution in [2.45, 2.75) is 0 Å². The maximum atomic E-state index is 12.5. The van der Waals surface area contributed by atoms with Crippen LogP contribution in [-0.2, 0) is 0 Å². The predicted molar refractivity (Wildman–Crippen MR) is 127 cm³/mol. The van der Waals surface area contributed by atoms with Gasteiger partial charge >= 0.3 is 5.63 Å². The number of benzene rings is 2. The summed E-state index contributed by atoms with van der Waals surface area (Å²) in [5.74, 6) is 0.252. The molecule has 1 N–H and O–H groups in total. The first-order valence-electron chi connectivity index (χ1n) is 8.77. The third-order valence-electron chi connectivity index (χ3n) is 4.41. The summed E-state index contributed by atoms with van der Waals surface area (Å²) in [5.41, 5.74) is 1.69. The van der Waals surface area contributed by atoms with Crippen molar-refractivity contribution in [2.24, 2.45) is 0 Å². The molecule has 0 spiro atoms. The van der Waals surface area contributed by atoms with Crippen LogP contribution in [0.25, 0.3) is 33.9 Å². The van der Waals surface area contributed by atoms with E-state index in [1.807, 2.05) is 6.07 Å². The molecular weight excluding hydrogens is 548 g/mol. The highest BCUT2D eigenvalue weighted by atomic mass is 79.9. The fraction of sp³-hybridized carbons (Fsp3) is 0.0455. The number of aromatic hydroxyl groups is 1. The summed E-state index contributed by atoms with van der Waals surface area (Å²) in [6.07, 6.45) is 1.63. The third kappa shape index (κ3) is 4.28. The Labute approximate surface area is 197 Å². The molecule has 9 heteroatoms. The van der Waals surface area contributed by atoms with Crippen LogP contribution in [0.4, 0.5) is 0 Å². The molecule has 0 bridgehead atoms. The average Bonchev–Trinajstić information content (AvgIpc) is 3.23. The van der Waals surface area contributed by atoms with Crippen LogP contribution in [0.15, 0.2) is 59.9 Å². The van der Waals surface area contributed by atoms with Crippen molar-refractivity contribution >= 4 is 65.8 Å². The molecule has 2 heterocycles. The Bertz CT molecular complexity index is 1450. The summed E-state index contributed by atoms with van der Waals surface area (Å²) in [6, 6.07) is 12.5. The van der Waals surface area contributed by atoms with Gasteiger partial charge in [0.1, 0.15) is 16.7 Å². The minimum absolute atomic E-state index is 0.0237. The highest BCUT2D eigenvalue weighted by Crippen LogP contribution is 2.36. The van der Waals surface area contributed by atoms with Crippen molar-refractivity contribution in [2.75, 3.05) is 7.11 Å². The minimum atomic E-state index is -0.499. The number of hydrogen-bond acceptors (Lipinski definition) is 7. The Morgan fingerprint density at radius 1 is 1.29 bits per heavy atom. The fourth-order valence-electron chi connectivity index (χ4n) is 2.94. The zero-order valence-corrected chi connectivity index (χ0v) is 19.8. The zero-order valence-electron chi connectivity index (χ0n) is 15.8. The number of allylic oxidation sites excluding steroid dienone is 1. The van der Waals surface area contributed by atoms with Crippen LogP contribution >= 0.6 is 43.2 Å². The van der Waals surface area contributed by atoms with Crippen molar-refractivity contribution in [3.63, 3.8) is 0 Å². The van der Waals surface area contributed by atoms with Crippen LogP contribution < -0.4 is 10.4 Å². The number of rotatable bonds is 4. The van der Waals surface area contributed by atoms with E-state index in [-0.39, 0.29) is 11.5 Å². The molecule has 4 rings (SSSR count). The van der Waals surface area contributed by atoms with E-state index in [2.05, 4.69) is 42.9 Å². The lowest BCUT2D eigenvalue weighted by Crippen LogP contribution is -2.02. The van der Waals surface area contributed by atoms with E-state index in [9.17, 15) is 15.2 Å². The van der Waals surface area contributed by atoms with Crippen LogP contribution in [0.1, 0.15) is 10.6 Å². The molecular formula is C22H12Br2N2O4S. The molecule has 0 unspecified atom stereocenters. The van der Waals surface area contributed by atoms with Crippen LogP contribution in [0.5, 0.6) is 11.5 Å². The van der Waals surface area contributed by atoms with Crippen LogP contribution in [0.3, 0.4) is 0 Å². The molecule has 0 saturated carbocycles. The summed E-state index contributed by atoms with van der Waals surface area (Å²) in [5, 5.41) is 22.6. The van der Waals surface area contributed by atoms with Crippen LogP contribution in [0.2, 0.25) is 0 Å². The molecule has 0 amide bonds. The van der Waals surface area contributed by atoms with Gasteiger partial charge in [0.25, 0.3) is 0 Å². The van der Waals surface area contributed by atoms with E-state index >= 15 is 0 Å². The van der Waals surface area contributed by atoms with Gasteiger partial charge in [-0.2, -0.15) is 5.26 Å². The Morgan fingerprint density at radius 3 is 2.84 bits per heavy atom. The van der Waals surface area contributed by atoms with Gasteiger partial charge in [-0.05, 0) is 64.0 Å². The average molecular weight is 560 g/mol. The largest absolute Gasteiger partial charge is 0.503 e. The number of fused-ring (bicyclic) bond motifs is 1. The SMILES string of the molecule is COc1cc(/C=C(\C#N)c2nc(-c3cc4cc(Br)ccc4oc3=O)cs2)cc(Br)c1O. The topological polar surface area (TPSA) is 96.4 Å². The first-order valence-corrected chi connectivity index (χ1v) is 11.2. The summed E-state index contributed by atoms with van der Waals surface area (Å²) in [4.78, 5) is 16.9. The van der Waals surface area contributed by atoms with Crippen LogP contribution in [-0.4, -0.2) is 17.2 Å². The van der Waals surface area contributed by atoms with Crippen molar-refractivity contribution in [1.82, 2.24) is 4.98 Å². The summed E-state index contributed by atoms with van der Waals surface area (Å²) in [7, 11) is 1.45. The standard InChI is InChI=1S/C22H12Br2N2O4S/c1-29-19-6-11(5-16(24)20(19)27)4-13(9-25)21-26-17(10-31-21)15-8-12-7-14(23)2-3-18(12)30-22(15)28/h2-8,10,27H,1H3/b13-4+. The van der Waals surface area contributed by atoms with Gasteiger partial charge < -0.3 is 14.3 Å². The second-order valence-electron chi connectivity index (χ2n) is 6.39. The van der Waals surface area contributed by atoms with E-state index in [4.69, 9.17) is 9.15 Å². The molecule has 2 aromatic heterocycles. The van der Waals surface area contributed by atoms with Gasteiger partial charge in [0.2, 0.25) is 0 Å². The molecule has 0 aliphatic rings. The lowest BCUT2D eigenvalue weighted by atomic mass is 10.1. The van der Waals surface area contributed by atoms with E-state index in [1.54, 1.807) is 41.8 Å². The number of halogens is 2. The van der Waals surface area contributed by atoms with E-state index < -0.39 is 5.63 Å². The number of phenolic OH excluding ortho intramolecular Hbond substituents is 1. The third-order valence-corrected chi connectivity index (χ3v) is 6.38. The number of methoxy groups -OCH3 is 1. The Hall–Kier alpha value is -2.93. The molecule has 0 radical (unpaired) electrons. The number of thiazole rings is 1. The smallest absolute Gasteiger partial charge is 0.345 e. The van der Waals surface area contributed by atoms with Gasteiger partial charge in [-0.15, -0.1) is 11.3 Å². The quantitative estimate of drug-likeness (QED) is 0.235. The normalized spacial score (nSPS) is 11.5. The lowest BCUT2D eigenvalue weighted by molar-refractivity contribution is 0.372. The molecule has 154 valence electrons. The Kier molecular flexibility index (Phi) is 5.96. The zero-order chi connectivity index (χ0) is 22.1. The number of aromatic nitrogens is 1. The van der Waals surface area contributed by atoms with E-state index in [1.165, 1.54) is 18.4 Å². The monoisotopic (exact) mass is 558 g/mol. The Morgan fingerprint density at radius 2 is 2.10 bits per heavy atom. The Balaban J connectivity index is 1.76. The van der Waals surface area contributed by atoms with Crippen molar-refractivity contribution in [1.29, 1.82) is 5.26 Å². The number of phenols is 1. The predicted octanol–water partition coefficient (Wildman–Crippen LogP) is 6.22. The van der Waals surface area contributed by atoms with Gasteiger partial charge in [0, 0.05) is 15.2 Å². The molecule has 6 nitrogen and oxygen atoms in total. The second kappa shape index (κ2) is 8.67. The fourth-order valence-corrected chi connectivity index (χ4v) is 4.56. The first kappa shape index (κ1) is 21.3. The highest BCUT2D eigenvalue weighted by molar-refractivity contribution is 9.10. The van der Waals surface area contributed by atoms with Gasteiger partial charge in [-0.1, -0.05) is 15.9 Å².